The molecule has 0 aromatic heterocycles. The van der Waals surface area contributed by atoms with Crippen LogP contribution < -0.4 is 10.6 Å². The van der Waals surface area contributed by atoms with Crippen LogP contribution in [0, 0.1) is 24.2 Å². The lowest BCUT2D eigenvalue weighted by molar-refractivity contribution is -0.178. The molecule has 3 aromatic rings. The van der Waals surface area contributed by atoms with Crippen molar-refractivity contribution in [3.63, 3.8) is 0 Å². The number of hydrogen-bond donors (Lipinski definition) is 2. The number of fused-ring (bicyclic) bond motifs is 1. The molecule has 0 saturated heterocycles. The first kappa shape index (κ1) is 42.6. The lowest BCUT2D eigenvalue weighted by atomic mass is 9.93. The Morgan fingerprint density at radius 2 is 1.54 bits per heavy atom. The number of nitrogens with zero attached hydrogens (tertiary/aromatic N) is 1. The van der Waals surface area contributed by atoms with Crippen LogP contribution in [-0.4, -0.2) is 65.3 Å². The van der Waals surface area contributed by atoms with Crippen LogP contribution in [0.25, 0.3) is 6.08 Å². The number of esters is 2. The first-order chi connectivity index (χ1) is 27.0. The normalized spacial score (nSPS) is 21.8. The Bertz CT molecular complexity index is 2040. The number of rotatable bonds is 9. The highest BCUT2D eigenvalue weighted by molar-refractivity contribution is 6.31. The zero-order valence-electron chi connectivity index (χ0n) is 33.2. The van der Waals surface area contributed by atoms with Gasteiger partial charge in [0.1, 0.15) is 12.1 Å². The fourth-order valence-corrected chi connectivity index (χ4v) is 6.63. The molecule has 11 nitrogen and oxygen atoms in total. The molecule has 2 aliphatic rings. The highest BCUT2D eigenvalue weighted by atomic mass is 35.5. The minimum absolute atomic E-state index is 0.0147. The van der Waals surface area contributed by atoms with Crippen LogP contribution >= 0.6 is 11.6 Å². The summed E-state index contributed by atoms with van der Waals surface area (Å²) in [7, 11) is 0. The van der Waals surface area contributed by atoms with Gasteiger partial charge in [-0.1, -0.05) is 99.1 Å². The number of hydrogen-bond acceptors (Lipinski definition) is 8. The monoisotopic (exact) mass is 795 g/mol. The summed E-state index contributed by atoms with van der Waals surface area (Å²) < 4.78 is 11.8. The molecule has 4 atom stereocenters. The Morgan fingerprint density at radius 3 is 2.18 bits per heavy atom. The zero-order valence-corrected chi connectivity index (χ0v) is 33.9. The maximum absolute atomic E-state index is 13.7. The number of halogens is 1. The summed E-state index contributed by atoms with van der Waals surface area (Å²) in [6.45, 7) is 10.8. The van der Waals surface area contributed by atoms with Crippen LogP contribution in [-0.2, 0) is 41.6 Å². The van der Waals surface area contributed by atoms with Gasteiger partial charge in [-0.3, -0.25) is 28.9 Å². The standard InChI is InChI=1S/C45H50ClN3O8/c1-27(2)22-38-43(54)56-37(29(4)15-16-30-18-20-31(21-19-30)25-49-41(52)33-10-7-8-11-34(33)42(49)53)12-9-13-39(50)48-36(24-32-17-14-28(3)35(46)23-32)40(51)47-26-45(5,6)44(55)57-38/h7-11,13-21,23,27,29,36-38H,12,22,24-26H2,1-6H3,(H,47,51)(H,48,50)/b13-9+,16-15+/t29-,36-,37+,38+/m1/s1. The Kier molecular flexibility index (Phi) is 13.9. The average molecular weight is 796 g/mol. The second-order valence-corrected chi connectivity index (χ2v) is 16.2. The summed E-state index contributed by atoms with van der Waals surface area (Å²) >= 11 is 6.35. The third kappa shape index (κ3) is 11.1. The van der Waals surface area contributed by atoms with Crippen molar-refractivity contribution in [1.82, 2.24) is 15.5 Å². The second-order valence-electron chi connectivity index (χ2n) is 15.8. The summed E-state index contributed by atoms with van der Waals surface area (Å²) in [5.74, 6) is -3.43. The van der Waals surface area contributed by atoms with E-state index in [1.165, 1.54) is 11.0 Å². The third-order valence-corrected chi connectivity index (χ3v) is 10.5. The highest BCUT2D eigenvalue weighted by Crippen LogP contribution is 2.26. The van der Waals surface area contributed by atoms with Crippen LogP contribution in [0.3, 0.4) is 0 Å². The van der Waals surface area contributed by atoms with E-state index in [1.54, 1.807) is 50.3 Å². The van der Waals surface area contributed by atoms with Crippen LogP contribution in [0.4, 0.5) is 0 Å². The molecule has 2 heterocycles. The molecule has 2 aliphatic heterocycles. The maximum Gasteiger partial charge on any atom is 0.347 e. The SMILES string of the molecule is Cc1ccc(C[C@H]2NC(=O)/C=C/C[C@@H]([C@H](C)/C=C/c3ccc(CN4C(=O)c5ccccc5C4=O)cc3)OC(=O)[C@H](CC(C)C)OC(=O)C(C)(C)CNC2=O)cc1Cl. The van der Waals surface area contributed by atoms with E-state index >= 15 is 0 Å². The van der Waals surface area contributed by atoms with E-state index in [1.807, 2.05) is 76.2 Å². The van der Waals surface area contributed by atoms with Gasteiger partial charge in [0, 0.05) is 30.3 Å². The van der Waals surface area contributed by atoms with Gasteiger partial charge in [-0.25, -0.2) is 4.79 Å². The minimum atomic E-state index is -1.22. The molecule has 0 saturated carbocycles. The summed E-state index contributed by atoms with van der Waals surface area (Å²) in [6.07, 6.45) is 5.21. The van der Waals surface area contributed by atoms with Gasteiger partial charge in [0.15, 0.2) is 6.10 Å². The molecule has 0 radical (unpaired) electrons. The van der Waals surface area contributed by atoms with Crippen molar-refractivity contribution in [2.45, 2.75) is 85.6 Å². The van der Waals surface area contributed by atoms with E-state index in [4.69, 9.17) is 21.1 Å². The van der Waals surface area contributed by atoms with E-state index in [9.17, 15) is 28.8 Å². The largest absolute Gasteiger partial charge is 0.459 e. The molecule has 5 rings (SSSR count). The lowest BCUT2D eigenvalue weighted by Gasteiger charge is -2.29. The number of cyclic esters (lactones) is 2. The molecule has 57 heavy (non-hydrogen) atoms. The van der Waals surface area contributed by atoms with E-state index < -0.39 is 47.4 Å². The maximum atomic E-state index is 13.7. The van der Waals surface area contributed by atoms with Crippen molar-refractivity contribution < 1.29 is 38.2 Å². The number of benzene rings is 3. The van der Waals surface area contributed by atoms with Crippen molar-refractivity contribution in [3.8, 4) is 0 Å². The van der Waals surface area contributed by atoms with Crippen LogP contribution in [0.15, 0.2) is 85.0 Å². The van der Waals surface area contributed by atoms with E-state index in [0.29, 0.717) is 16.1 Å². The quantitative estimate of drug-likeness (QED) is 0.178. The fourth-order valence-electron chi connectivity index (χ4n) is 6.43. The third-order valence-electron chi connectivity index (χ3n) is 10.0. The van der Waals surface area contributed by atoms with Gasteiger partial charge in [-0.2, -0.15) is 0 Å². The first-order valence-corrected chi connectivity index (χ1v) is 19.5. The van der Waals surface area contributed by atoms with E-state index in [2.05, 4.69) is 10.6 Å². The Morgan fingerprint density at radius 1 is 0.895 bits per heavy atom. The number of imide groups is 1. The van der Waals surface area contributed by atoms with Crippen molar-refractivity contribution in [2.75, 3.05) is 6.54 Å². The fraction of sp³-hybridized carbons (Fsp3) is 0.378. The van der Waals surface area contributed by atoms with Crippen molar-refractivity contribution in [1.29, 1.82) is 0 Å². The summed E-state index contributed by atoms with van der Waals surface area (Å²) in [5.41, 5.74) is 2.79. The van der Waals surface area contributed by atoms with Gasteiger partial charge in [0.25, 0.3) is 11.8 Å². The lowest BCUT2D eigenvalue weighted by Crippen LogP contribution is -2.51. The molecule has 300 valence electrons. The second kappa shape index (κ2) is 18.6. The van der Waals surface area contributed by atoms with Gasteiger partial charge < -0.3 is 20.1 Å². The van der Waals surface area contributed by atoms with Crippen LogP contribution in [0.1, 0.15) is 90.4 Å². The highest BCUT2D eigenvalue weighted by Gasteiger charge is 2.37. The number of ether oxygens (including phenoxy) is 2. The summed E-state index contributed by atoms with van der Waals surface area (Å²) in [5, 5.41) is 6.09. The molecule has 0 spiro atoms. The first-order valence-electron chi connectivity index (χ1n) is 19.2. The summed E-state index contributed by atoms with van der Waals surface area (Å²) in [4.78, 5) is 80.9. The molecular weight excluding hydrogens is 746 g/mol. The van der Waals surface area contributed by atoms with Gasteiger partial charge in [0.2, 0.25) is 11.8 Å². The van der Waals surface area contributed by atoms with Gasteiger partial charge in [-0.15, -0.1) is 0 Å². The number of amides is 4. The van der Waals surface area contributed by atoms with Crippen molar-refractivity contribution in [3.05, 3.63) is 123 Å². The number of aryl methyl sites for hydroxylation is 1. The van der Waals surface area contributed by atoms with Crippen LogP contribution in [0.2, 0.25) is 5.02 Å². The molecule has 0 fully saturated rings. The Hall–Kier alpha value is -5.55. The predicted molar refractivity (Wildman–Crippen MR) is 217 cm³/mol. The van der Waals surface area contributed by atoms with Crippen molar-refractivity contribution in [2.24, 2.45) is 17.3 Å². The van der Waals surface area contributed by atoms with Gasteiger partial charge in [0.05, 0.1) is 23.1 Å². The van der Waals surface area contributed by atoms with E-state index in [-0.39, 0.29) is 56.0 Å². The zero-order chi connectivity index (χ0) is 41.4. The van der Waals surface area contributed by atoms with Gasteiger partial charge >= 0.3 is 11.9 Å². The Labute approximate surface area is 338 Å². The summed E-state index contributed by atoms with van der Waals surface area (Å²) in [6, 6.07) is 18.6. The molecule has 3 aromatic carbocycles. The van der Waals surface area contributed by atoms with Crippen LogP contribution in [0.5, 0.6) is 0 Å². The molecule has 4 amide bonds. The van der Waals surface area contributed by atoms with Gasteiger partial charge in [-0.05, 0) is 79.6 Å². The predicted octanol–water partition coefficient (Wildman–Crippen LogP) is 6.79. The number of nitrogens with one attached hydrogen (secondary N) is 2. The molecule has 0 aliphatic carbocycles. The number of carbonyl (C=O) groups is 6. The smallest absolute Gasteiger partial charge is 0.347 e. The Balaban J connectivity index is 1.35. The average Bonchev–Trinajstić information content (AvgIpc) is 3.41. The van der Waals surface area contributed by atoms with E-state index in [0.717, 1.165) is 22.3 Å². The molecule has 2 N–H and O–H groups in total. The minimum Gasteiger partial charge on any atom is -0.459 e. The van der Waals surface area contributed by atoms with Crippen molar-refractivity contribution >= 4 is 53.2 Å². The molecular formula is C45H50ClN3O8. The topological polar surface area (TPSA) is 148 Å². The molecule has 0 bridgehead atoms. The molecule has 0 unspecified atom stereocenters. The number of carbonyl (C=O) groups excluding carboxylic acids is 6. The molecule has 12 heteroatoms.